The number of benzene rings is 1. The largest absolute Gasteiger partial charge is 0.493 e. The van der Waals surface area contributed by atoms with E-state index in [4.69, 9.17) is 21.1 Å². The van der Waals surface area contributed by atoms with Gasteiger partial charge in [-0.15, -0.1) is 0 Å². The van der Waals surface area contributed by atoms with Gasteiger partial charge in [-0.3, -0.25) is 4.79 Å². The molecule has 0 aromatic heterocycles. The van der Waals surface area contributed by atoms with Crippen LogP contribution in [0.5, 0.6) is 5.75 Å². The summed E-state index contributed by atoms with van der Waals surface area (Å²) in [5, 5.41) is 0.696. The van der Waals surface area contributed by atoms with Gasteiger partial charge in [0.05, 0.1) is 13.2 Å². The van der Waals surface area contributed by atoms with E-state index in [1.54, 1.807) is 6.07 Å². The fourth-order valence-corrected chi connectivity index (χ4v) is 1.73. The van der Waals surface area contributed by atoms with Gasteiger partial charge in [0, 0.05) is 11.4 Å². The van der Waals surface area contributed by atoms with Crippen LogP contribution in [-0.4, -0.2) is 19.2 Å². The Labute approximate surface area is 119 Å². The maximum atomic E-state index is 11.4. The van der Waals surface area contributed by atoms with Crippen LogP contribution in [-0.2, 0) is 9.53 Å². The molecular weight excluding hydrogens is 264 g/mol. The average Bonchev–Trinajstić information content (AvgIpc) is 2.34. The third-order valence-electron chi connectivity index (χ3n) is 2.50. The zero-order valence-corrected chi connectivity index (χ0v) is 12.5. The molecule has 0 spiro atoms. The maximum absolute atomic E-state index is 11.4. The first-order chi connectivity index (χ1) is 8.99. The Morgan fingerprint density at radius 2 is 2.11 bits per heavy atom. The summed E-state index contributed by atoms with van der Waals surface area (Å²) in [5.41, 5.74) is 0.995. The minimum absolute atomic E-state index is 0.162. The van der Waals surface area contributed by atoms with Crippen LogP contribution in [0.1, 0.15) is 32.3 Å². The van der Waals surface area contributed by atoms with Crippen molar-refractivity contribution in [3.63, 3.8) is 0 Å². The van der Waals surface area contributed by atoms with Crippen molar-refractivity contribution < 1.29 is 14.3 Å². The topological polar surface area (TPSA) is 35.5 Å². The number of carbonyl (C=O) groups excluding carboxylic acids is 1. The van der Waals surface area contributed by atoms with Crippen molar-refractivity contribution >= 4 is 17.6 Å². The molecule has 106 valence electrons. The second-order valence-electron chi connectivity index (χ2n) is 4.94. The molecule has 0 fully saturated rings. The molecule has 4 heteroatoms. The summed E-state index contributed by atoms with van der Waals surface area (Å²) in [7, 11) is 0. The third kappa shape index (κ3) is 6.48. The van der Waals surface area contributed by atoms with Crippen LogP contribution in [0.25, 0.3) is 0 Å². The summed E-state index contributed by atoms with van der Waals surface area (Å²) in [5.74, 6) is 1.02. The molecule has 0 bridgehead atoms. The summed E-state index contributed by atoms with van der Waals surface area (Å²) in [6, 6.07) is 5.49. The van der Waals surface area contributed by atoms with Crippen molar-refractivity contribution in [2.24, 2.45) is 5.92 Å². The Hall–Kier alpha value is -1.22. The van der Waals surface area contributed by atoms with Gasteiger partial charge in [-0.1, -0.05) is 25.4 Å². The number of ether oxygens (including phenoxy) is 2. The number of hydrogen-bond donors (Lipinski definition) is 0. The molecule has 0 aliphatic heterocycles. The molecule has 1 rings (SSSR count). The van der Waals surface area contributed by atoms with E-state index in [1.165, 1.54) is 0 Å². The number of aryl methyl sites for hydroxylation is 1. The fourth-order valence-electron chi connectivity index (χ4n) is 1.51. The molecule has 0 unspecified atom stereocenters. The Morgan fingerprint density at radius 3 is 2.74 bits per heavy atom. The highest BCUT2D eigenvalue weighted by Crippen LogP contribution is 2.21. The second kappa shape index (κ2) is 8.05. The zero-order chi connectivity index (χ0) is 14.3. The first-order valence-electron chi connectivity index (χ1n) is 6.53. The Balaban J connectivity index is 2.22. The normalized spacial score (nSPS) is 10.6. The van der Waals surface area contributed by atoms with Crippen LogP contribution < -0.4 is 4.74 Å². The van der Waals surface area contributed by atoms with E-state index in [-0.39, 0.29) is 5.97 Å². The van der Waals surface area contributed by atoms with Crippen molar-refractivity contribution in [2.45, 2.75) is 33.6 Å². The van der Waals surface area contributed by atoms with E-state index >= 15 is 0 Å². The fraction of sp³-hybridized carbons (Fsp3) is 0.533. The lowest BCUT2D eigenvalue weighted by Crippen LogP contribution is -2.11. The number of rotatable bonds is 7. The van der Waals surface area contributed by atoms with Crippen LogP contribution in [0.2, 0.25) is 5.02 Å². The van der Waals surface area contributed by atoms with Crippen LogP contribution in [0, 0.1) is 12.8 Å². The molecule has 0 radical (unpaired) electrons. The highest BCUT2D eigenvalue weighted by molar-refractivity contribution is 6.30. The first-order valence-corrected chi connectivity index (χ1v) is 6.91. The predicted octanol–water partition coefficient (Wildman–Crippen LogP) is 4.01. The van der Waals surface area contributed by atoms with Gasteiger partial charge in [-0.25, -0.2) is 0 Å². The molecular formula is C15H21ClO3. The van der Waals surface area contributed by atoms with E-state index in [2.05, 4.69) is 0 Å². The lowest BCUT2D eigenvalue weighted by Gasteiger charge is -2.10. The minimum Gasteiger partial charge on any atom is -0.493 e. The molecule has 19 heavy (non-hydrogen) atoms. The van der Waals surface area contributed by atoms with Gasteiger partial charge in [0.1, 0.15) is 5.75 Å². The predicted molar refractivity (Wildman–Crippen MR) is 76.7 cm³/mol. The van der Waals surface area contributed by atoms with Gasteiger partial charge < -0.3 is 9.47 Å². The summed E-state index contributed by atoms with van der Waals surface area (Å²) >= 11 is 5.86. The molecule has 0 amide bonds. The smallest absolute Gasteiger partial charge is 0.305 e. The second-order valence-corrected chi connectivity index (χ2v) is 5.38. The van der Waals surface area contributed by atoms with Crippen LogP contribution in [0.3, 0.4) is 0 Å². The van der Waals surface area contributed by atoms with E-state index in [0.29, 0.717) is 37.0 Å². The highest BCUT2D eigenvalue weighted by Gasteiger charge is 2.05. The average molecular weight is 285 g/mol. The number of esters is 1. The van der Waals surface area contributed by atoms with E-state index in [1.807, 2.05) is 32.9 Å². The molecule has 0 saturated heterocycles. The molecule has 1 aromatic carbocycles. The number of carbonyl (C=O) groups is 1. The van der Waals surface area contributed by atoms with Crippen molar-refractivity contribution in [1.29, 1.82) is 0 Å². The number of halogens is 1. The first kappa shape index (κ1) is 15.8. The van der Waals surface area contributed by atoms with Crippen LogP contribution in [0.15, 0.2) is 18.2 Å². The van der Waals surface area contributed by atoms with Gasteiger partial charge in [-0.05, 0) is 43.0 Å². The molecule has 0 aliphatic rings. The van der Waals surface area contributed by atoms with Gasteiger partial charge in [0.15, 0.2) is 0 Å². The van der Waals surface area contributed by atoms with E-state index in [9.17, 15) is 4.79 Å². The summed E-state index contributed by atoms with van der Waals surface area (Å²) in [6.07, 6.45) is 1.04. The Morgan fingerprint density at radius 1 is 1.37 bits per heavy atom. The third-order valence-corrected chi connectivity index (χ3v) is 2.73. The maximum Gasteiger partial charge on any atom is 0.305 e. The van der Waals surface area contributed by atoms with Crippen LogP contribution in [0.4, 0.5) is 0 Å². The summed E-state index contributed by atoms with van der Waals surface area (Å²) in [6.45, 7) is 6.95. The standard InChI is InChI=1S/C15H21ClO3/c1-11(2)10-19-15(17)5-4-8-18-14-7-6-13(16)9-12(14)3/h6-7,9,11H,4-5,8,10H2,1-3H3. The summed E-state index contributed by atoms with van der Waals surface area (Å²) in [4.78, 5) is 11.4. The van der Waals surface area contributed by atoms with Gasteiger partial charge in [-0.2, -0.15) is 0 Å². The van der Waals surface area contributed by atoms with E-state index < -0.39 is 0 Å². The molecule has 0 saturated carbocycles. The van der Waals surface area contributed by atoms with Gasteiger partial charge >= 0.3 is 5.97 Å². The molecule has 0 N–H and O–H groups in total. The van der Waals surface area contributed by atoms with Crippen molar-refractivity contribution in [2.75, 3.05) is 13.2 Å². The van der Waals surface area contributed by atoms with Crippen molar-refractivity contribution in [3.05, 3.63) is 28.8 Å². The highest BCUT2D eigenvalue weighted by atomic mass is 35.5. The minimum atomic E-state index is -0.162. The molecule has 3 nitrogen and oxygen atoms in total. The molecule has 0 aliphatic carbocycles. The molecule has 0 heterocycles. The van der Waals surface area contributed by atoms with Gasteiger partial charge in [0.25, 0.3) is 0 Å². The van der Waals surface area contributed by atoms with Crippen LogP contribution >= 0.6 is 11.6 Å². The Bertz CT molecular complexity index is 416. The lowest BCUT2D eigenvalue weighted by atomic mass is 10.2. The Kier molecular flexibility index (Phi) is 6.71. The van der Waals surface area contributed by atoms with Crippen molar-refractivity contribution in [3.8, 4) is 5.75 Å². The molecule has 0 atom stereocenters. The quantitative estimate of drug-likeness (QED) is 0.561. The van der Waals surface area contributed by atoms with Crippen molar-refractivity contribution in [1.82, 2.24) is 0 Å². The van der Waals surface area contributed by atoms with Gasteiger partial charge in [0.2, 0.25) is 0 Å². The zero-order valence-electron chi connectivity index (χ0n) is 11.7. The molecule has 1 aromatic rings. The number of hydrogen-bond acceptors (Lipinski definition) is 3. The van der Waals surface area contributed by atoms with E-state index in [0.717, 1.165) is 11.3 Å². The summed E-state index contributed by atoms with van der Waals surface area (Å²) < 4.78 is 10.7. The monoisotopic (exact) mass is 284 g/mol. The lowest BCUT2D eigenvalue weighted by molar-refractivity contribution is -0.144. The SMILES string of the molecule is Cc1cc(Cl)ccc1OCCCC(=O)OCC(C)C.